The second-order valence-corrected chi connectivity index (χ2v) is 5.71. The molecule has 18 heavy (non-hydrogen) atoms. The maximum absolute atomic E-state index is 13.8. The van der Waals surface area contributed by atoms with E-state index >= 15 is 0 Å². The van der Waals surface area contributed by atoms with Gasteiger partial charge in [-0.15, -0.1) is 0 Å². The van der Waals surface area contributed by atoms with Crippen molar-refractivity contribution in [3.05, 3.63) is 35.7 Å². The van der Waals surface area contributed by atoms with Crippen LogP contribution in [0.2, 0.25) is 0 Å². The predicted octanol–water partition coefficient (Wildman–Crippen LogP) is 5.82. The van der Waals surface area contributed by atoms with Crippen LogP contribution >= 0.6 is 0 Å². The monoisotopic (exact) mass is 250 g/mol. The van der Waals surface area contributed by atoms with Crippen molar-refractivity contribution in [3.8, 4) is 0 Å². The van der Waals surface area contributed by atoms with Crippen LogP contribution in [-0.2, 0) is 0 Å². The minimum Gasteiger partial charge on any atom is -0.207 e. The first-order valence-electron chi connectivity index (χ1n) is 7.17. The fourth-order valence-electron chi connectivity index (χ4n) is 2.94. The molecule has 0 heterocycles. The number of rotatable bonds is 5. The lowest BCUT2D eigenvalue weighted by molar-refractivity contribution is 0.182. The summed E-state index contributed by atoms with van der Waals surface area (Å²) in [5, 5.41) is 0. The SMILES string of the molecule is CCC=CC(C)(C(C)CC)C1CC=CC(F)=C1C. The molecule has 102 valence electrons. The first-order valence-corrected chi connectivity index (χ1v) is 7.17. The lowest BCUT2D eigenvalue weighted by Crippen LogP contribution is -2.33. The zero-order chi connectivity index (χ0) is 13.8. The molecular weight excluding hydrogens is 223 g/mol. The van der Waals surface area contributed by atoms with E-state index in [0.29, 0.717) is 11.8 Å². The van der Waals surface area contributed by atoms with E-state index < -0.39 is 0 Å². The van der Waals surface area contributed by atoms with Crippen molar-refractivity contribution in [1.29, 1.82) is 0 Å². The molecule has 3 atom stereocenters. The summed E-state index contributed by atoms with van der Waals surface area (Å²) in [7, 11) is 0. The van der Waals surface area contributed by atoms with Gasteiger partial charge >= 0.3 is 0 Å². The fourth-order valence-corrected chi connectivity index (χ4v) is 2.94. The van der Waals surface area contributed by atoms with Crippen molar-refractivity contribution < 1.29 is 4.39 Å². The third kappa shape index (κ3) is 2.93. The molecule has 1 rings (SSSR count). The van der Waals surface area contributed by atoms with Crippen LogP contribution in [0.5, 0.6) is 0 Å². The Balaban J connectivity index is 3.12. The molecule has 0 saturated heterocycles. The summed E-state index contributed by atoms with van der Waals surface area (Å²) in [4.78, 5) is 0. The van der Waals surface area contributed by atoms with Crippen LogP contribution in [0, 0.1) is 17.3 Å². The summed E-state index contributed by atoms with van der Waals surface area (Å²) < 4.78 is 13.8. The lowest BCUT2D eigenvalue weighted by Gasteiger charge is -2.41. The van der Waals surface area contributed by atoms with Gasteiger partial charge in [0.25, 0.3) is 0 Å². The summed E-state index contributed by atoms with van der Waals surface area (Å²) in [5.74, 6) is 0.811. The third-order valence-corrected chi connectivity index (χ3v) is 4.67. The number of hydrogen-bond donors (Lipinski definition) is 0. The van der Waals surface area contributed by atoms with Gasteiger partial charge in [0.05, 0.1) is 0 Å². The first kappa shape index (κ1) is 15.2. The highest BCUT2D eigenvalue weighted by atomic mass is 19.1. The topological polar surface area (TPSA) is 0 Å². The molecule has 0 aromatic carbocycles. The Morgan fingerprint density at radius 3 is 2.72 bits per heavy atom. The van der Waals surface area contributed by atoms with E-state index in [1.54, 1.807) is 6.08 Å². The second kappa shape index (κ2) is 6.36. The molecule has 1 heteroatoms. The molecule has 1 aliphatic carbocycles. The molecular formula is C17H27F. The van der Waals surface area contributed by atoms with Crippen LogP contribution in [0.1, 0.15) is 53.9 Å². The highest BCUT2D eigenvalue weighted by Crippen LogP contribution is 2.46. The highest BCUT2D eigenvalue weighted by molar-refractivity contribution is 5.29. The maximum atomic E-state index is 13.8. The van der Waals surface area contributed by atoms with E-state index in [9.17, 15) is 4.39 Å². The van der Waals surface area contributed by atoms with Gasteiger partial charge in [-0.1, -0.05) is 52.3 Å². The molecule has 0 bridgehead atoms. The van der Waals surface area contributed by atoms with Crippen LogP contribution in [0.4, 0.5) is 4.39 Å². The summed E-state index contributed by atoms with van der Waals surface area (Å²) >= 11 is 0. The van der Waals surface area contributed by atoms with Crippen LogP contribution in [0.15, 0.2) is 35.7 Å². The summed E-state index contributed by atoms with van der Waals surface area (Å²) in [6.45, 7) is 10.9. The molecule has 0 N–H and O–H groups in total. The third-order valence-electron chi connectivity index (χ3n) is 4.67. The van der Waals surface area contributed by atoms with Gasteiger partial charge in [-0.25, -0.2) is 4.39 Å². The maximum Gasteiger partial charge on any atom is 0.122 e. The predicted molar refractivity (Wildman–Crippen MR) is 78.0 cm³/mol. The molecule has 0 radical (unpaired) electrons. The minimum absolute atomic E-state index is 0.0364. The van der Waals surface area contributed by atoms with Crippen molar-refractivity contribution >= 4 is 0 Å². The molecule has 0 aromatic rings. The summed E-state index contributed by atoms with van der Waals surface area (Å²) in [5.41, 5.74) is 0.970. The van der Waals surface area contributed by atoms with Crippen molar-refractivity contribution in [3.63, 3.8) is 0 Å². The van der Waals surface area contributed by atoms with Gasteiger partial charge in [-0.3, -0.25) is 0 Å². The number of hydrogen-bond acceptors (Lipinski definition) is 0. The van der Waals surface area contributed by atoms with E-state index in [4.69, 9.17) is 0 Å². The average Bonchev–Trinajstić information content (AvgIpc) is 2.38. The van der Waals surface area contributed by atoms with Crippen LogP contribution in [-0.4, -0.2) is 0 Å². The Kier molecular flexibility index (Phi) is 5.37. The van der Waals surface area contributed by atoms with E-state index in [-0.39, 0.29) is 11.2 Å². The Bertz CT molecular complexity index is 362. The Hall–Kier alpha value is -0.850. The second-order valence-electron chi connectivity index (χ2n) is 5.71. The first-order chi connectivity index (χ1) is 8.47. The summed E-state index contributed by atoms with van der Waals surface area (Å²) in [6.07, 6.45) is 11.3. The van der Waals surface area contributed by atoms with Crippen molar-refractivity contribution in [1.82, 2.24) is 0 Å². The molecule has 0 amide bonds. The van der Waals surface area contributed by atoms with E-state index in [2.05, 4.69) is 39.8 Å². The molecule has 0 fully saturated rings. The zero-order valence-corrected chi connectivity index (χ0v) is 12.5. The standard InChI is InChI=1S/C17H27F/c1-6-8-12-17(5,13(3)7-2)15-10-9-11-16(18)14(15)4/h8-9,11-13,15H,6-7,10H2,1-5H3. The van der Waals surface area contributed by atoms with Gasteiger partial charge in [0.2, 0.25) is 0 Å². The largest absolute Gasteiger partial charge is 0.207 e. The molecule has 0 aromatic heterocycles. The van der Waals surface area contributed by atoms with Gasteiger partial charge in [0, 0.05) is 0 Å². The highest BCUT2D eigenvalue weighted by Gasteiger charge is 2.38. The lowest BCUT2D eigenvalue weighted by atomic mass is 9.63. The molecule has 0 saturated carbocycles. The molecule has 0 aliphatic heterocycles. The minimum atomic E-state index is -0.0364. The number of allylic oxidation sites excluding steroid dienone is 6. The molecule has 0 spiro atoms. The Morgan fingerprint density at radius 2 is 2.17 bits per heavy atom. The molecule has 3 unspecified atom stereocenters. The van der Waals surface area contributed by atoms with E-state index in [1.807, 2.05) is 13.0 Å². The quantitative estimate of drug-likeness (QED) is 0.539. The Morgan fingerprint density at radius 1 is 1.50 bits per heavy atom. The van der Waals surface area contributed by atoms with E-state index in [0.717, 1.165) is 24.8 Å². The zero-order valence-electron chi connectivity index (χ0n) is 12.5. The summed E-state index contributed by atoms with van der Waals surface area (Å²) in [6, 6.07) is 0. The van der Waals surface area contributed by atoms with Gasteiger partial charge in [0.15, 0.2) is 0 Å². The van der Waals surface area contributed by atoms with Crippen molar-refractivity contribution in [2.24, 2.45) is 17.3 Å². The van der Waals surface area contributed by atoms with Gasteiger partial charge in [-0.2, -0.15) is 0 Å². The Labute approximate surface area is 112 Å². The van der Waals surface area contributed by atoms with Gasteiger partial charge in [0.1, 0.15) is 5.83 Å². The van der Waals surface area contributed by atoms with Crippen LogP contribution < -0.4 is 0 Å². The van der Waals surface area contributed by atoms with Crippen molar-refractivity contribution in [2.45, 2.75) is 53.9 Å². The van der Waals surface area contributed by atoms with Crippen LogP contribution in [0.3, 0.4) is 0 Å². The van der Waals surface area contributed by atoms with E-state index in [1.165, 1.54) is 0 Å². The van der Waals surface area contributed by atoms with Gasteiger partial charge in [-0.05, 0) is 48.7 Å². The van der Waals surface area contributed by atoms with Crippen LogP contribution in [0.25, 0.3) is 0 Å². The molecule has 1 aliphatic rings. The normalized spacial score (nSPS) is 25.6. The molecule has 0 nitrogen and oxygen atoms in total. The fraction of sp³-hybridized carbons (Fsp3) is 0.647. The number of halogens is 1. The smallest absolute Gasteiger partial charge is 0.122 e. The average molecular weight is 250 g/mol. The van der Waals surface area contributed by atoms with Crippen molar-refractivity contribution in [2.75, 3.05) is 0 Å². The van der Waals surface area contributed by atoms with Gasteiger partial charge < -0.3 is 0 Å².